The predicted molar refractivity (Wildman–Crippen MR) is 99.4 cm³/mol. The first-order chi connectivity index (χ1) is 12.9. The van der Waals surface area contributed by atoms with Crippen LogP contribution in [0.15, 0.2) is 48.5 Å². The van der Waals surface area contributed by atoms with Gasteiger partial charge in [0.1, 0.15) is 0 Å². The quantitative estimate of drug-likeness (QED) is 0.595. The van der Waals surface area contributed by atoms with Gasteiger partial charge in [-0.3, -0.25) is 4.79 Å². The highest BCUT2D eigenvalue weighted by Gasteiger charge is 2.18. The van der Waals surface area contributed by atoms with E-state index in [9.17, 15) is 18.4 Å². The number of anilines is 1. The summed E-state index contributed by atoms with van der Waals surface area (Å²) in [5.74, 6) is -0.969. The van der Waals surface area contributed by atoms with Gasteiger partial charge in [0.25, 0.3) is 6.43 Å². The van der Waals surface area contributed by atoms with Crippen molar-refractivity contribution in [3.63, 3.8) is 0 Å². The Bertz CT molecular complexity index is 788. The van der Waals surface area contributed by atoms with E-state index in [1.54, 1.807) is 0 Å². The molecule has 0 bridgehead atoms. The van der Waals surface area contributed by atoms with Crippen molar-refractivity contribution in [2.24, 2.45) is 0 Å². The normalized spacial score (nSPS) is 11.9. The predicted octanol–water partition coefficient (Wildman–Crippen LogP) is 4.88. The van der Waals surface area contributed by atoms with Gasteiger partial charge in [-0.05, 0) is 24.5 Å². The van der Waals surface area contributed by atoms with E-state index in [-0.39, 0.29) is 29.1 Å². The second-order valence-corrected chi connectivity index (χ2v) is 6.30. The Hall–Kier alpha value is -2.67. The van der Waals surface area contributed by atoms with Crippen molar-refractivity contribution < 1.29 is 23.5 Å². The minimum absolute atomic E-state index is 0.0589. The largest absolute Gasteiger partial charge is 0.481 e. The Labute approximate surface area is 160 Å². The van der Waals surface area contributed by atoms with Crippen LogP contribution in [0.4, 0.5) is 19.3 Å². The smallest absolute Gasteiger partial charge is 0.319 e. The van der Waals surface area contributed by atoms with Crippen molar-refractivity contribution in [1.29, 1.82) is 0 Å². The molecular weight excluding hydrogens is 378 g/mol. The van der Waals surface area contributed by atoms with Crippen LogP contribution in [0.1, 0.15) is 30.4 Å². The van der Waals surface area contributed by atoms with Crippen molar-refractivity contribution in [1.82, 2.24) is 5.32 Å². The minimum atomic E-state index is -2.76. The zero-order chi connectivity index (χ0) is 19.8. The minimum Gasteiger partial charge on any atom is -0.481 e. The van der Waals surface area contributed by atoms with Gasteiger partial charge < -0.3 is 15.7 Å². The molecule has 1 atom stereocenters. The number of carboxylic acid groups (broad SMARTS) is 1. The fourth-order valence-corrected chi connectivity index (χ4v) is 2.84. The summed E-state index contributed by atoms with van der Waals surface area (Å²) in [7, 11) is 0. The molecule has 0 spiro atoms. The zero-order valence-corrected chi connectivity index (χ0v) is 15.0. The van der Waals surface area contributed by atoms with Gasteiger partial charge in [0.15, 0.2) is 0 Å². The number of carboxylic acids is 1. The first-order valence-electron chi connectivity index (χ1n) is 8.26. The summed E-state index contributed by atoms with van der Waals surface area (Å²) in [6.45, 7) is 0. The molecule has 0 saturated carbocycles. The highest BCUT2D eigenvalue weighted by atomic mass is 35.5. The van der Waals surface area contributed by atoms with Crippen LogP contribution >= 0.6 is 11.6 Å². The van der Waals surface area contributed by atoms with Gasteiger partial charge in [0.2, 0.25) is 0 Å². The van der Waals surface area contributed by atoms with Crippen LogP contribution < -0.4 is 10.6 Å². The first kappa shape index (κ1) is 20.6. The summed E-state index contributed by atoms with van der Waals surface area (Å²) in [5, 5.41) is 13.8. The maximum Gasteiger partial charge on any atom is 0.319 e. The molecule has 8 heteroatoms. The van der Waals surface area contributed by atoms with Crippen molar-refractivity contribution >= 4 is 29.3 Å². The molecule has 2 rings (SSSR count). The number of aliphatic carboxylic acids is 1. The van der Waals surface area contributed by atoms with E-state index >= 15 is 0 Å². The monoisotopic (exact) mass is 396 g/mol. The number of benzene rings is 2. The van der Waals surface area contributed by atoms with Crippen LogP contribution in [0, 0.1) is 0 Å². The second-order valence-electron chi connectivity index (χ2n) is 5.93. The number of carbonyl (C=O) groups is 2. The third-order valence-corrected chi connectivity index (χ3v) is 4.30. The third kappa shape index (κ3) is 6.53. The number of hydrogen-bond donors (Lipinski definition) is 3. The highest BCUT2D eigenvalue weighted by Crippen LogP contribution is 2.32. The van der Waals surface area contributed by atoms with Crippen LogP contribution in [-0.4, -0.2) is 23.1 Å². The van der Waals surface area contributed by atoms with Gasteiger partial charge in [-0.2, -0.15) is 0 Å². The number of hydrogen-bond acceptors (Lipinski definition) is 2. The molecule has 2 aromatic rings. The Kier molecular flexibility index (Phi) is 7.55. The van der Waals surface area contributed by atoms with Crippen molar-refractivity contribution in [3.05, 3.63) is 64.7 Å². The summed E-state index contributed by atoms with van der Waals surface area (Å²) in [5.41, 5.74) is 0.621. The van der Waals surface area contributed by atoms with Crippen molar-refractivity contribution in [2.45, 2.75) is 31.7 Å². The molecule has 2 aromatic carbocycles. The molecule has 0 aliphatic rings. The number of carbonyl (C=O) groups excluding carboxylic acids is 1. The summed E-state index contributed by atoms with van der Waals surface area (Å²) in [6, 6.07) is 12.2. The lowest BCUT2D eigenvalue weighted by Crippen LogP contribution is -2.39. The van der Waals surface area contributed by atoms with E-state index in [4.69, 9.17) is 16.7 Å². The van der Waals surface area contributed by atoms with Crippen LogP contribution in [0.25, 0.3) is 0 Å². The Morgan fingerprint density at radius 1 is 1.07 bits per heavy atom. The Morgan fingerprint density at radius 2 is 1.78 bits per heavy atom. The van der Waals surface area contributed by atoms with E-state index in [0.717, 1.165) is 5.56 Å². The molecule has 0 aliphatic carbocycles. The number of alkyl halides is 2. The van der Waals surface area contributed by atoms with Gasteiger partial charge in [-0.25, -0.2) is 13.6 Å². The standard InChI is InChI=1S/C19H19ClF2N2O3/c20-17-14(18(21)22)7-4-8-15(17)24-19(27)23-13(9-10-16(25)26)11-12-5-2-1-3-6-12/h1-8,13,18H,9-11H2,(H,25,26)(H2,23,24,27). The lowest BCUT2D eigenvalue weighted by atomic mass is 10.0. The molecule has 0 saturated heterocycles. The number of amides is 2. The van der Waals surface area contributed by atoms with Crippen molar-refractivity contribution in [2.75, 3.05) is 5.32 Å². The fourth-order valence-electron chi connectivity index (χ4n) is 2.58. The zero-order valence-electron chi connectivity index (χ0n) is 14.3. The van der Waals surface area contributed by atoms with Crippen LogP contribution in [0.3, 0.4) is 0 Å². The highest BCUT2D eigenvalue weighted by molar-refractivity contribution is 6.34. The molecule has 1 unspecified atom stereocenters. The molecule has 0 radical (unpaired) electrons. The number of rotatable bonds is 8. The fraction of sp³-hybridized carbons (Fsp3) is 0.263. The van der Waals surface area contributed by atoms with E-state index in [2.05, 4.69) is 10.6 Å². The average molecular weight is 397 g/mol. The molecule has 144 valence electrons. The summed E-state index contributed by atoms with van der Waals surface area (Å²) >= 11 is 5.92. The maximum atomic E-state index is 12.9. The van der Waals surface area contributed by atoms with Gasteiger partial charge in [-0.1, -0.05) is 54.1 Å². The molecule has 5 nitrogen and oxygen atoms in total. The van der Waals surface area contributed by atoms with E-state index < -0.39 is 24.5 Å². The van der Waals surface area contributed by atoms with E-state index in [1.165, 1.54) is 18.2 Å². The number of urea groups is 1. The SMILES string of the molecule is O=C(O)CCC(Cc1ccccc1)NC(=O)Nc1cccc(C(F)F)c1Cl. The van der Waals surface area contributed by atoms with Gasteiger partial charge >= 0.3 is 12.0 Å². The molecule has 0 heterocycles. The van der Waals surface area contributed by atoms with Gasteiger partial charge in [0.05, 0.1) is 10.7 Å². The summed E-state index contributed by atoms with van der Waals surface area (Å²) < 4.78 is 25.8. The van der Waals surface area contributed by atoms with Crippen LogP contribution in [-0.2, 0) is 11.2 Å². The number of halogens is 3. The Balaban J connectivity index is 2.06. The first-order valence-corrected chi connectivity index (χ1v) is 8.64. The van der Waals surface area contributed by atoms with Gasteiger partial charge in [0, 0.05) is 18.0 Å². The topological polar surface area (TPSA) is 78.4 Å². The van der Waals surface area contributed by atoms with E-state index in [0.29, 0.717) is 6.42 Å². The maximum absolute atomic E-state index is 12.9. The molecule has 0 aliphatic heterocycles. The molecule has 0 aromatic heterocycles. The molecule has 0 fully saturated rings. The number of nitrogens with one attached hydrogen (secondary N) is 2. The summed E-state index contributed by atoms with van der Waals surface area (Å²) in [4.78, 5) is 23.1. The van der Waals surface area contributed by atoms with E-state index in [1.807, 2.05) is 30.3 Å². The second kappa shape index (κ2) is 9.87. The lowest BCUT2D eigenvalue weighted by Gasteiger charge is -2.19. The average Bonchev–Trinajstić information content (AvgIpc) is 2.62. The van der Waals surface area contributed by atoms with Crippen LogP contribution in [0.2, 0.25) is 5.02 Å². The lowest BCUT2D eigenvalue weighted by molar-refractivity contribution is -0.137. The van der Waals surface area contributed by atoms with Crippen molar-refractivity contribution in [3.8, 4) is 0 Å². The molecule has 2 amide bonds. The van der Waals surface area contributed by atoms with Crippen LogP contribution in [0.5, 0.6) is 0 Å². The molecule has 3 N–H and O–H groups in total. The Morgan fingerprint density at radius 3 is 2.41 bits per heavy atom. The third-order valence-electron chi connectivity index (χ3n) is 3.88. The molecular formula is C19H19ClF2N2O3. The molecule has 27 heavy (non-hydrogen) atoms. The van der Waals surface area contributed by atoms with Gasteiger partial charge in [-0.15, -0.1) is 0 Å². The summed E-state index contributed by atoms with van der Waals surface area (Å²) in [6.07, 6.45) is -2.21.